The summed E-state index contributed by atoms with van der Waals surface area (Å²) < 4.78 is 5.73. The molecule has 0 spiro atoms. The first-order valence-corrected chi connectivity index (χ1v) is 8.46. The Morgan fingerprint density at radius 3 is 2.08 bits per heavy atom. The van der Waals surface area contributed by atoms with E-state index < -0.39 is 6.23 Å². The Labute approximate surface area is 150 Å². The van der Waals surface area contributed by atoms with Crippen molar-refractivity contribution in [2.75, 3.05) is 24.3 Å². The molecule has 0 radical (unpaired) electrons. The van der Waals surface area contributed by atoms with Crippen LogP contribution in [0, 0.1) is 0 Å². The second kappa shape index (κ2) is 8.42. The summed E-state index contributed by atoms with van der Waals surface area (Å²) in [6.45, 7) is 6.09. The average molecular weight is 341 g/mol. The maximum absolute atomic E-state index is 12.1. The van der Waals surface area contributed by atoms with Gasteiger partial charge in [-0.25, -0.2) is 4.79 Å². The van der Waals surface area contributed by atoms with Crippen LogP contribution < -0.4 is 20.3 Å². The van der Waals surface area contributed by atoms with Crippen molar-refractivity contribution < 1.29 is 9.53 Å². The molecule has 2 aromatic rings. The number of hydrogen-bond acceptors (Lipinski definition) is 3. The van der Waals surface area contributed by atoms with Crippen molar-refractivity contribution in [2.45, 2.75) is 32.9 Å². The lowest BCUT2D eigenvalue weighted by atomic mass is 10.0. The first-order valence-electron chi connectivity index (χ1n) is 8.46. The minimum absolute atomic E-state index is 0.302. The van der Waals surface area contributed by atoms with Crippen LogP contribution in [0.2, 0.25) is 0 Å². The standard InChI is InChI=1S/C20H27N3O2/c1-14(2)16-6-12-19(13-7-16)25-15(3)21-20(24)22-17-8-10-18(11-9-17)23(4)5/h6-15H,1-5H3,(H2,21,22,24). The number of ether oxygens (including phenoxy) is 1. The maximum atomic E-state index is 12.1. The molecule has 0 heterocycles. The van der Waals surface area contributed by atoms with Crippen molar-refractivity contribution in [1.29, 1.82) is 0 Å². The van der Waals surface area contributed by atoms with Crippen molar-refractivity contribution in [2.24, 2.45) is 0 Å². The van der Waals surface area contributed by atoms with Crippen LogP contribution in [-0.4, -0.2) is 26.4 Å². The van der Waals surface area contributed by atoms with E-state index in [1.54, 1.807) is 6.92 Å². The number of anilines is 2. The molecule has 1 unspecified atom stereocenters. The van der Waals surface area contributed by atoms with Crippen molar-refractivity contribution in [1.82, 2.24) is 5.32 Å². The van der Waals surface area contributed by atoms with Crippen LogP contribution in [0.3, 0.4) is 0 Å². The Morgan fingerprint density at radius 2 is 1.56 bits per heavy atom. The van der Waals surface area contributed by atoms with Crippen molar-refractivity contribution in [3.8, 4) is 5.75 Å². The molecule has 134 valence electrons. The summed E-state index contributed by atoms with van der Waals surface area (Å²) in [5.74, 6) is 1.21. The number of amides is 2. The van der Waals surface area contributed by atoms with Gasteiger partial charge in [0.05, 0.1) is 0 Å². The van der Waals surface area contributed by atoms with E-state index in [-0.39, 0.29) is 6.03 Å². The third-order valence-corrected chi connectivity index (χ3v) is 3.84. The monoisotopic (exact) mass is 341 g/mol. The van der Waals surface area contributed by atoms with Gasteiger partial charge in [-0.05, 0) is 54.8 Å². The summed E-state index contributed by atoms with van der Waals surface area (Å²) in [7, 11) is 3.95. The van der Waals surface area contributed by atoms with Gasteiger partial charge in [-0.2, -0.15) is 0 Å². The average Bonchev–Trinajstić information content (AvgIpc) is 2.55. The Morgan fingerprint density at radius 1 is 0.960 bits per heavy atom. The van der Waals surface area contributed by atoms with Crippen molar-refractivity contribution >= 4 is 17.4 Å². The smallest absolute Gasteiger partial charge is 0.322 e. The van der Waals surface area contributed by atoms with Gasteiger partial charge < -0.3 is 20.3 Å². The van der Waals surface area contributed by atoms with Gasteiger partial charge in [0.15, 0.2) is 6.23 Å². The van der Waals surface area contributed by atoms with Gasteiger partial charge in [0, 0.05) is 25.5 Å². The molecule has 0 aromatic heterocycles. The van der Waals surface area contributed by atoms with Crippen LogP contribution in [0.15, 0.2) is 48.5 Å². The molecule has 2 amide bonds. The zero-order valence-corrected chi connectivity index (χ0v) is 15.5. The van der Waals surface area contributed by atoms with Gasteiger partial charge in [0.1, 0.15) is 5.75 Å². The summed E-state index contributed by atoms with van der Waals surface area (Å²) in [5.41, 5.74) is 3.07. The number of benzene rings is 2. The highest BCUT2D eigenvalue weighted by atomic mass is 16.5. The fourth-order valence-corrected chi connectivity index (χ4v) is 2.36. The van der Waals surface area contributed by atoms with Crippen molar-refractivity contribution in [3.63, 3.8) is 0 Å². The zero-order valence-electron chi connectivity index (χ0n) is 15.5. The lowest BCUT2D eigenvalue weighted by molar-refractivity contribution is 0.183. The summed E-state index contributed by atoms with van der Waals surface area (Å²) in [6.07, 6.45) is -0.439. The quantitative estimate of drug-likeness (QED) is 0.765. The molecule has 2 aromatic carbocycles. The summed E-state index contributed by atoms with van der Waals surface area (Å²) in [5, 5.41) is 5.57. The predicted molar refractivity (Wildman–Crippen MR) is 104 cm³/mol. The zero-order chi connectivity index (χ0) is 18.4. The number of nitrogens with one attached hydrogen (secondary N) is 2. The maximum Gasteiger partial charge on any atom is 0.322 e. The molecular formula is C20H27N3O2. The van der Waals surface area contributed by atoms with Crippen LogP contribution >= 0.6 is 0 Å². The number of nitrogens with zero attached hydrogens (tertiary/aromatic N) is 1. The molecule has 2 rings (SSSR count). The molecule has 0 saturated heterocycles. The molecule has 0 saturated carbocycles. The summed E-state index contributed by atoms with van der Waals surface area (Å²) in [4.78, 5) is 14.1. The Kier molecular flexibility index (Phi) is 6.28. The molecular weight excluding hydrogens is 314 g/mol. The van der Waals surface area contributed by atoms with Crippen LogP contribution in [0.25, 0.3) is 0 Å². The SMILES string of the molecule is CC(NC(=O)Nc1ccc(N(C)C)cc1)Oc1ccc(C(C)C)cc1. The molecule has 0 aliphatic heterocycles. The normalized spacial score (nSPS) is 11.8. The topological polar surface area (TPSA) is 53.6 Å². The fourth-order valence-electron chi connectivity index (χ4n) is 2.36. The predicted octanol–water partition coefficient (Wildman–Crippen LogP) is 4.42. The number of rotatable bonds is 6. The van der Waals surface area contributed by atoms with Crippen LogP contribution in [0.1, 0.15) is 32.3 Å². The molecule has 0 aliphatic carbocycles. The Balaban J connectivity index is 1.85. The second-order valence-electron chi connectivity index (χ2n) is 6.52. The summed E-state index contributed by atoms with van der Waals surface area (Å²) >= 11 is 0. The number of carbonyl (C=O) groups excluding carboxylic acids is 1. The van der Waals surface area contributed by atoms with Gasteiger partial charge in [-0.3, -0.25) is 0 Å². The van der Waals surface area contributed by atoms with Gasteiger partial charge in [0.2, 0.25) is 0 Å². The molecule has 25 heavy (non-hydrogen) atoms. The van der Waals surface area contributed by atoms with Gasteiger partial charge in [-0.1, -0.05) is 26.0 Å². The highest BCUT2D eigenvalue weighted by molar-refractivity contribution is 5.89. The van der Waals surface area contributed by atoms with Gasteiger partial charge >= 0.3 is 6.03 Å². The van der Waals surface area contributed by atoms with Crippen LogP contribution in [-0.2, 0) is 0 Å². The third-order valence-electron chi connectivity index (χ3n) is 3.84. The number of urea groups is 1. The first-order chi connectivity index (χ1) is 11.8. The van der Waals surface area contributed by atoms with Crippen LogP contribution in [0.5, 0.6) is 5.75 Å². The first kappa shape index (κ1) is 18.6. The lowest BCUT2D eigenvalue weighted by Crippen LogP contribution is -2.39. The van der Waals surface area contributed by atoms with E-state index >= 15 is 0 Å². The molecule has 0 aliphatic rings. The molecule has 0 bridgehead atoms. The van der Waals surface area contributed by atoms with Crippen LogP contribution in [0.4, 0.5) is 16.2 Å². The summed E-state index contributed by atoms with van der Waals surface area (Å²) in [6, 6.07) is 15.3. The minimum atomic E-state index is -0.439. The van der Waals surface area contributed by atoms with E-state index in [1.165, 1.54) is 5.56 Å². The minimum Gasteiger partial charge on any atom is -0.471 e. The Hall–Kier alpha value is -2.69. The van der Waals surface area contributed by atoms with E-state index in [9.17, 15) is 4.79 Å². The van der Waals surface area contributed by atoms with E-state index in [4.69, 9.17) is 4.74 Å². The van der Waals surface area contributed by atoms with Gasteiger partial charge in [0.25, 0.3) is 0 Å². The third kappa shape index (κ3) is 5.71. The highest BCUT2D eigenvalue weighted by Gasteiger charge is 2.09. The lowest BCUT2D eigenvalue weighted by Gasteiger charge is -2.18. The molecule has 5 heteroatoms. The Bertz CT molecular complexity index is 679. The number of carbonyl (C=O) groups is 1. The molecule has 1 atom stereocenters. The second-order valence-corrected chi connectivity index (χ2v) is 6.52. The largest absolute Gasteiger partial charge is 0.471 e. The van der Waals surface area contributed by atoms with E-state index in [0.29, 0.717) is 5.92 Å². The van der Waals surface area contributed by atoms with E-state index in [0.717, 1.165) is 17.1 Å². The van der Waals surface area contributed by atoms with Gasteiger partial charge in [-0.15, -0.1) is 0 Å². The molecule has 5 nitrogen and oxygen atoms in total. The highest BCUT2D eigenvalue weighted by Crippen LogP contribution is 2.19. The van der Waals surface area contributed by atoms with E-state index in [2.05, 4.69) is 24.5 Å². The number of hydrogen-bond donors (Lipinski definition) is 2. The molecule has 2 N–H and O–H groups in total. The molecule has 0 fully saturated rings. The van der Waals surface area contributed by atoms with E-state index in [1.807, 2.05) is 67.5 Å². The van der Waals surface area contributed by atoms with Crippen molar-refractivity contribution in [3.05, 3.63) is 54.1 Å². The fraction of sp³-hybridized carbons (Fsp3) is 0.350.